The molecule has 0 N–H and O–H groups in total. The summed E-state index contributed by atoms with van der Waals surface area (Å²) in [6.07, 6.45) is 8.50. The number of benzene rings is 1. The van der Waals surface area contributed by atoms with Gasteiger partial charge in [0.25, 0.3) is 0 Å². The Kier molecular flexibility index (Phi) is 14.4. The van der Waals surface area contributed by atoms with Crippen LogP contribution in [0.25, 0.3) is 5.57 Å². The fourth-order valence-corrected chi connectivity index (χ4v) is 17.1. The smallest absolute Gasteiger partial charge is 0.00969 e. The van der Waals surface area contributed by atoms with Gasteiger partial charge in [-0.25, -0.2) is 18.1 Å². The average Bonchev–Trinajstić information content (AvgIpc) is 3.64. The molecule has 1 fully saturated rings. The van der Waals surface area contributed by atoms with Crippen molar-refractivity contribution >= 4 is 11.0 Å². The third kappa shape index (κ3) is 7.28. The quantitative estimate of drug-likeness (QED) is 0.257. The molecule has 0 amide bonds. The molecule has 0 radical (unpaired) electrons. The number of fused-ring (bicyclic) bond motifs is 6. The van der Waals surface area contributed by atoms with E-state index in [0.29, 0.717) is 5.92 Å². The molecule has 2 aromatic rings. The van der Waals surface area contributed by atoms with E-state index in [2.05, 4.69) is 120 Å². The molecule has 0 bridgehead atoms. The topological polar surface area (TPSA) is 0 Å². The Balaban J connectivity index is 0.000000362. The molecular weight excluding hydrogens is 695 g/mol. The molecule has 2 unspecified atom stereocenters. The van der Waals surface area contributed by atoms with Gasteiger partial charge in [-0.05, 0) is 40.6 Å². The van der Waals surface area contributed by atoms with Crippen LogP contribution in [0.15, 0.2) is 83.5 Å². The molecule has 2 aromatic carbocycles. The molecule has 0 aromatic heterocycles. The normalized spacial score (nSPS) is 24.3. The summed E-state index contributed by atoms with van der Waals surface area (Å²) < 4.78 is 0. The minimum absolute atomic E-state index is 0. The van der Waals surface area contributed by atoms with Gasteiger partial charge < -0.3 is 24.8 Å². The molecular formula is C42H60Cl2SiZr-2. The van der Waals surface area contributed by atoms with E-state index < -0.39 is 0 Å². The Morgan fingerprint density at radius 1 is 0.870 bits per heavy atom. The molecule has 4 heteroatoms. The summed E-state index contributed by atoms with van der Waals surface area (Å²) >= 11 is 1.83. The van der Waals surface area contributed by atoms with Gasteiger partial charge in [-0.1, -0.05) is 113 Å². The summed E-state index contributed by atoms with van der Waals surface area (Å²) in [6.45, 7) is 29.7. The van der Waals surface area contributed by atoms with Crippen molar-refractivity contribution in [3.63, 3.8) is 0 Å². The monoisotopic (exact) mass is 752 g/mol. The van der Waals surface area contributed by atoms with Crippen molar-refractivity contribution in [2.45, 2.75) is 114 Å². The maximum Gasteiger partial charge on any atom is -0.00969 e. The fourth-order valence-electron chi connectivity index (χ4n) is 8.96. The summed E-state index contributed by atoms with van der Waals surface area (Å²) in [5.41, 5.74) is 10.4. The van der Waals surface area contributed by atoms with Crippen molar-refractivity contribution in [1.82, 2.24) is 0 Å². The second kappa shape index (κ2) is 15.9. The average molecular weight is 755 g/mol. The zero-order valence-electron chi connectivity index (χ0n) is 30.9. The largest absolute Gasteiger partial charge is 1.00 e. The van der Waals surface area contributed by atoms with E-state index >= 15 is 0 Å². The van der Waals surface area contributed by atoms with E-state index in [1.165, 1.54) is 36.1 Å². The molecule has 0 spiro atoms. The van der Waals surface area contributed by atoms with Crippen LogP contribution in [0.4, 0.5) is 0 Å². The van der Waals surface area contributed by atoms with Crippen molar-refractivity contribution in [1.29, 1.82) is 0 Å². The molecule has 0 saturated heterocycles. The molecule has 6 rings (SSSR count). The fraction of sp³-hybridized carbons (Fsp3) is 0.571. The van der Waals surface area contributed by atoms with Crippen LogP contribution >= 0.6 is 0 Å². The second-order valence-corrected chi connectivity index (χ2v) is 23.8. The Hall–Kier alpha value is -0.660. The molecule has 0 aliphatic heterocycles. The number of allylic oxidation sites excluding steroid dienone is 6. The van der Waals surface area contributed by atoms with Gasteiger partial charge in [0.05, 0.1) is 0 Å². The Morgan fingerprint density at radius 3 is 1.96 bits per heavy atom. The Labute approximate surface area is 311 Å². The van der Waals surface area contributed by atoms with E-state index in [1.807, 2.05) is 53.7 Å². The van der Waals surface area contributed by atoms with Crippen LogP contribution < -0.4 is 24.8 Å². The van der Waals surface area contributed by atoms with E-state index in [1.54, 1.807) is 28.2 Å². The summed E-state index contributed by atoms with van der Waals surface area (Å²) in [5.74, 6) is 4.12. The van der Waals surface area contributed by atoms with E-state index in [-0.39, 0.29) is 51.9 Å². The maximum atomic E-state index is 2.62. The molecule has 2 atom stereocenters. The van der Waals surface area contributed by atoms with Crippen LogP contribution in [-0.2, 0) is 29.8 Å². The van der Waals surface area contributed by atoms with Gasteiger partial charge >= 0.3 is 80.4 Å². The van der Waals surface area contributed by atoms with Crippen molar-refractivity contribution in [2.75, 3.05) is 0 Å². The predicted molar refractivity (Wildman–Crippen MR) is 191 cm³/mol. The van der Waals surface area contributed by atoms with E-state index in [4.69, 9.17) is 0 Å². The second-order valence-electron chi connectivity index (χ2n) is 16.5. The standard InChI is InChI=1S/C29H37.C8H18Si.C5H5.2ClH.Zr/c1-18-25-22-17-19-13-9-10-14-20(19)24(22)21-15-11-12-16-23(21)29(25,8)28(6,7)27(4,5)26(18,2)3;1-7(2)5-9-6-8(3)4;1-2-4-5-3-1;;;/h9-11,13-15,23H,12,16-17H2,1-8H3;7-8H,5-6H2,1-4H3;1-5H;2*1H;/q-1;;-1;;;+2/p-2. The molecule has 0 heterocycles. The van der Waals surface area contributed by atoms with Crippen LogP contribution in [0.2, 0.25) is 12.1 Å². The van der Waals surface area contributed by atoms with Crippen molar-refractivity contribution in [3.05, 3.63) is 101 Å². The van der Waals surface area contributed by atoms with Crippen LogP contribution in [0, 0.1) is 45.3 Å². The Bertz CT molecular complexity index is 1390. The molecule has 4 aliphatic carbocycles. The van der Waals surface area contributed by atoms with Gasteiger partial charge in [0, 0.05) is 0 Å². The summed E-state index contributed by atoms with van der Waals surface area (Å²) in [6, 6.07) is 22.2. The van der Waals surface area contributed by atoms with E-state index in [9.17, 15) is 0 Å². The van der Waals surface area contributed by atoms with Gasteiger partial charge in [0.2, 0.25) is 0 Å². The third-order valence-electron chi connectivity index (χ3n) is 12.7. The Morgan fingerprint density at radius 2 is 1.43 bits per heavy atom. The molecule has 4 aliphatic rings. The first-order valence-electron chi connectivity index (χ1n) is 17.3. The zero-order chi connectivity index (χ0) is 32.7. The van der Waals surface area contributed by atoms with E-state index in [0.717, 1.165) is 18.3 Å². The minimum atomic E-state index is 0. The third-order valence-corrected chi connectivity index (χ3v) is 18.3. The zero-order valence-corrected chi connectivity index (χ0v) is 35.8. The van der Waals surface area contributed by atoms with Crippen LogP contribution in [0.3, 0.4) is 0 Å². The predicted octanol–water partition coefficient (Wildman–Crippen LogP) is 6.22. The first kappa shape index (κ1) is 41.5. The first-order valence-corrected chi connectivity index (χ1v) is 22.9. The number of hydrogen-bond donors (Lipinski definition) is 0. The molecule has 0 nitrogen and oxygen atoms in total. The van der Waals surface area contributed by atoms with Gasteiger partial charge in [0.1, 0.15) is 0 Å². The van der Waals surface area contributed by atoms with Gasteiger partial charge in [-0.2, -0.15) is 29.3 Å². The van der Waals surface area contributed by atoms with Crippen molar-refractivity contribution in [2.24, 2.45) is 39.4 Å². The van der Waals surface area contributed by atoms with Crippen LogP contribution in [0.5, 0.6) is 0 Å². The van der Waals surface area contributed by atoms with Crippen LogP contribution in [-0.4, -0.2) is 5.43 Å². The summed E-state index contributed by atoms with van der Waals surface area (Å²) in [5, 5.41) is 0. The molecule has 1 saturated carbocycles. The molecule has 46 heavy (non-hydrogen) atoms. The van der Waals surface area contributed by atoms with Gasteiger partial charge in [-0.15, -0.1) is 6.92 Å². The van der Waals surface area contributed by atoms with Crippen LogP contribution in [0.1, 0.15) is 107 Å². The summed E-state index contributed by atoms with van der Waals surface area (Å²) in [7, 11) is 0. The summed E-state index contributed by atoms with van der Waals surface area (Å²) in [4.78, 5) is 0. The number of hydrogen-bond acceptors (Lipinski definition) is 0. The van der Waals surface area contributed by atoms with Gasteiger partial charge in [0.15, 0.2) is 0 Å². The first-order chi connectivity index (χ1) is 20.5. The SMILES string of the molecule is CC(C)C[Si](=[Zr+2])CC(C)C.C[C-]1C2=C3Cc4ccccc4C3=C3C=CCCC3C2(C)C(C)(C)C(C)(C)C1(C)C.[Cl-].[Cl-].c1cc[cH-]c1. The maximum absolute atomic E-state index is 2.62. The minimum Gasteiger partial charge on any atom is -1.00 e. The molecule has 252 valence electrons. The number of rotatable bonds is 4. The van der Waals surface area contributed by atoms with Gasteiger partial charge in [-0.3, -0.25) is 0 Å². The number of halogens is 2. The van der Waals surface area contributed by atoms with Crippen molar-refractivity contribution in [3.8, 4) is 0 Å². The van der Waals surface area contributed by atoms with Crippen molar-refractivity contribution < 1.29 is 48.1 Å².